The van der Waals surface area contributed by atoms with Crippen molar-refractivity contribution >= 4 is 12.2 Å². The van der Waals surface area contributed by atoms with Crippen molar-refractivity contribution in [2.45, 2.75) is 48.5 Å². The highest BCUT2D eigenvalue weighted by Crippen LogP contribution is 2.22. The molecule has 0 atom stereocenters. The second kappa shape index (κ2) is 6.04. The summed E-state index contributed by atoms with van der Waals surface area (Å²) in [5.41, 5.74) is 8.18. The first-order valence-electron chi connectivity index (χ1n) is 6.75. The summed E-state index contributed by atoms with van der Waals surface area (Å²) in [5.74, 6) is 0.613. The van der Waals surface area contributed by atoms with Crippen LogP contribution in [0.5, 0.6) is 0 Å². The van der Waals surface area contributed by atoms with E-state index in [9.17, 15) is 0 Å². The number of aryl methyl sites for hydroxylation is 2. The van der Waals surface area contributed by atoms with Crippen molar-refractivity contribution in [3.8, 4) is 0 Å². The van der Waals surface area contributed by atoms with Gasteiger partial charge < -0.3 is 0 Å². The normalized spacial score (nSPS) is 11.9. The minimum absolute atomic E-state index is 0.613. The smallest absolute Gasteiger partial charge is 0.0225 e. The van der Waals surface area contributed by atoms with Gasteiger partial charge >= 0.3 is 0 Å². The molecular weight excluding hydrogens is 216 g/mol. The Balaban J connectivity index is 3.24. The maximum absolute atomic E-state index is 2.32. The molecule has 0 N–H and O–H groups in total. The molecule has 0 aliphatic heterocycles. The topological polar surface area (TPSA) is 0 Å². The molecule has 0 saturated heterocycles. The van der Waals surface area contributed by atoms with Gasteiger partial charge in [0.15, 0.2) is 0 Å². The molecule has 98 valence electrons. The van der Waals surface area contributed by atoms with E-state index in [0.29, 0.717) is 5.92 Å². The third kappa shape index (κ3) is 3.87. The molecule has 18 heavy (non-hydrogen) atoms. The second-order valence-corrected chi connectivity index (χ2v) is 5.83. The first-order valence-corrected chi connectivity index (χ1v) is 6.75. The molecule has 0 aliphatic carbocycles. The molecular formula is C18H26. The molecule has 0 spiro atoms. The van der Waals surface area contributed by atoms with Gasteiger partial charge in [-0.2, -0.15) is 0 Å². The van der Waals surface area contributed by atoms with Gasteiger partial charge in [-0.15, -0.1) is 0 Å². The third-order valence-corrected chi connectivity index (χ3v) is 3.39. The molecule has 0 heterocycles. The molecule has 0 unspecified atom stereocenters. The van der Waals surface area contributed by atoms with Crippen LogP contribution in [0.3, 0.4) is 0 Å². The first-order chi connectivity index (χ1) is 8.31. The lowest BCUT2D eigenvalue weighted by Crippen LogP contribution is -1.92. The highest BCUT2D eigenvalue weighted by molar-refractivity contribution is 5.64. The minimum atomic E-state index is 0.613. The Morgan fingerprint density at radius 3 is 1.72 bits per heavy atom. The summed E-state index contributed by atoms with van der Waals surface area (Å²) in [5, 5.41) is 0. The van der Waals surface area contributed by atoms with E-state index in [1.165, 1.54) is 33.4 Å². The van der Waals surface area contributed by atoms with E-state index in [2.05, 4.69) is 72.8 Å². The van der Waals surface area contributed by atoms with E-state index in [1.54, 1.807) is 0 Å². The van der Waals surface area contributed by atoms with Crippen molar-refractivity contribution in [2.24, 2.45) is 5.92 Å². The predicted molar refractivity (Wildman–Crippen MR) is 83.7 cm³/mol. The minimum Gasteiger partial charge on any atom is -0.0758 e. The Kier molecular flexibility index (Phi) is 4.95. The average Bonchev–Trinajstić information content (AvgIpc) is 2.24. The monoisotopic (exact) mass is 242 g/mol. The summed E-state index contributed by atoms with van der Waals surface area (Å²) < 4.78 is 0. The van der Waals surface area contributed by atoms with Gasteiger partial charge in [0, 0.05) is 0 Å². The molecule has 1 rings (SSSR count). The highest BCUT2D eigenvalue weighted by Gasteiger charge is 2.03. The Hall–Kier alpha value is -1.30. The zero-order valence-electron chi connectivity index (χ0n) is 12.9. The maximum atomic E-state index is 2.32. The fourth-order valence-corrected chi connectivity index (χ4v) is 1.89. The quantitative estimate of drug-likeness (QED) is 0.629. The van der Waals surface area contributed by atoms with Crippen LogP contribution in [0.1, 0.15) is 56.9 Å². The molecule has 0 aliphatic rings. The van der Waals surface area contributed by atoms with E-state index in [-0.39, 0.29) is 0 Å². The Morgan fingerprint density at radius 1 is 0.889 bits per heavy atom. The van der Waals surface area contributed by atoms with Crippen LogP contribution in [0.2, 0.25) is 0 Å². The summed E-state index contributed by atoms with van der Waals surface area (Å²) in [6.45, 7) is 15.4. The van der Waals surface area contributed by atoms with Gasteiger partial charge in [-0.3, -0.25) is 0 Å². The molecule has 0 fully saturated rings. The van der Waals surface area contributed by atoms with Gasteiger partial charge in [0.2, 0.25) is 0 Å². The Morgan fingerprint density at radius 2 is 1.33 bits per heavy atom. The largest absolute Gasteiger partial charge is 0.0758 e. The summed E-state index contributed by atoms with van der Waals surface area (Å²) in [7, 11) is 0. The maximum Gasteiger partial charge on any atom is -0.0225 e. The Labute approximate surface area is 112 Å². The molecule has 0 heteroatoms. The number of allylic oxidation sites excluding steroid dienone is 2. The summed E-state index contributed by atoms with van der Waals surface area (Å²) in [6.07, 6.45) is 4.57. The number of hydrogen-bond donors (Lipinski definition) is 0. The van der Waals surface area contributed by atoms with Gasteiger partial charge in [-0.25, -0.2) is 0 Å². The summed E-state index contributed by atoms with van der Waals surface area (Å²) in [6, 6.07) is 4.60. The van der Waals surface area contributed by atoms with Crippen LogP contribution in [0, 0.1) is 19.8 Å². The van der Waals surface area contributed by atoms with E-state index in [0.717, 1.165) is 0 Å². The van der Waals surface area contributed by atoms with Crippen molar-refractivity contribution in [1.82, 2.24) is 0 Å². The molecule has 1 aromatic rings. The van der Waals surface area contributed by atoms with Crippen molar-refractivity contribution < 1.29 is 0 Å². The van der Waals surface area contributed by atoms with Crippen LogP contribution in [0.4, 0.5) is 0 Å². The number of hydrogen-bond acceptors (Lipinski definition) is 0. The lowest BCUT2D eigenvalue weighted by molar-refractivity contribution is 0.776. The standard InChI is InChI=1S/C18H26/c1-12(2)8-17-10-16(7)18(11-15(17)6)9-14(5)13(3)4/h8-11,13H,1-7H3/b14-9+. The van der Waals surface area contributed by atoms with Gasteiger partial charge in [0.1, 0.15) is 0 Å². The van der Waals surface area contributed by atoms with Crippen LogP contribution in [0.25, 0.3) is 12.2 Å². The van der Waals surface area contributed by atoms with E-state index in [1.807, 2.05) is 0 Å². The summed E-state index contributed by atoms with van der Waals surface area (Å²) in [4.78, 5) is 0. The van der Waals surface area contributed by atoms with Crippen LogP contribution in [0.15, 0.2) is 23.3 Å². The molecule has 0 radical (unpaired) electrons. The summed E-state index contributed by atoms with van der Waals surface area (Å²) >= 11 is 0. The SMILES string of the molecule is CC(C)=Cc1cc(C)c(/C=C(\C)C(C)C)cc1C. The van der Waals surface area contributed by atoms with E-state index >= 15 is 0 Å². The highest BCUT2D eigenvalue weighted by atomic mass is 14.1. The predicted octanol–water partition coefficient (Wildman–Crippen LogP) is 5.79. The molecule has 0 amide bonds. The fourth-order valence-electron chi connectivity index (χ4n) is 1.89. The van der Waals surface area contributed by atoms with Crippen LogP contribution < -0.4 is 0 Å². The van der Waals surface area contributed by atoms with Crippen LogP contribution >= 0.6 is 0 Å². The van der Waals surface area contributed by atoms with Crippen molar-refractivity contribution in [3.05, 3.63) is 45.5 Å². The molecule has 0 bridgehead atoms. The van der Waals surface area contributed by atoms with Gasteiger partial charge in [-0.05, 0) is 62.8 Å². The molecule has 0 saturated carbocycles. The first kappa shape index (κ1) is 14.8. The van der Waals surface area contributed by atoms with Gasteiger partial charge in [0.05, 0.1) is 0 Å². The average molecular weight is 242 g/mol. The molecule has 1 aromatic carbocycles. The zero-order chi connectivity index (χ0) is 13.9. The van der Waals surface area contributed by atoms with Gasteiger partial charge in [0.25, 0.3) is 0 Å². The Bertz CT molecular complexity index is 481. The number of benzene rings is 1. The third-order valence-electron chi connectivity index (χ3n) is 3.39. The molecule has 0 nitrogen and oxygen atoms in total. The second-order valence-electron chi connectivity index (χ2n) is 5.83. The zero-order valence-corrected chi connectivity index (χ0v) is 12.9. The van der Waals surface area contributed by atoms with Crippen molar-refractivity contribution in [1.29, 1.82) is 0 Å². The lowest BCUT2D eigenvalue weighted by atomic mass is 9.95. The van der Waals surface area contributed by atoms with E-state index in [4.69, 9.17) is 0 Å². The van der Waals surface area contributed by atoms with Crippen LogP contribution in [-0.2, 0) is 0 Å². The van der Waals surface area contributed by atoms with Crippen molar-refractivity contribution in [3.63, 3.8) is 0 Å². The fraction of sp³-hybridized carbons (Fsp3) is 0.444. The van der Waals surface area contributed by atoms with E-state index < -0.39 is 0 Å². The number of rotatable bonds is 3. The van der Waals surface area contributed by atoms with Crippen molar-refractivity contribution in [2.75, 3.05) is 0 Å². The molecule has 0 aromatic heterocycles. The lowest BCUT2D eigenvalue weighted by Gasteiger charge is -2.10. The van der Waals surface area contributed by atoms with Gasteiger partial charge in [-0.1, -0.05) is 49.3 Å². The van der Waals surface area contributed by atoms with Crippen LogP contribution in [-0.4, -0.2) is 0 Å².